The minimum Gasteiger partial charge on any atom is -0.497 e. The normalized spacial score (nSPS) is 16.8. The zero-order valence-corrected chi connectivity index (χ0v) is 16.9. The Balaban J connectivity index is 1.61. The monoisotopic (exact) mass is 426 g/mol. The van der Waals surface area contributed by atoms with Crippen molar-refractivity contribution in [2.24, 2.45) is 4.99 Å². The molecule has 3 heterocycles. The third-order valence-electron chi connectivity index (χ3n) is 4.94. The number of aromatic nitrogens is 1. The Bertz CT molecular complexity index is 1330. The highest BCUT2D eigenvalue weighted by molar-refractivity contribution is 7.07. The standard InChI is InChI=1S/C20H15ClN4O3S/c1-28-13-5-3-12(4-6-13)24-9-22-20-25(10-24)19(27)17(29-20)16-14-8-11(21)2-7-15(14)23-18(16)26/h2-8H,9-10H2,1H3,(H,23,26). The highest BCUT2D eigenvalue weighted by Gasteiger charge is 2.28. The lowest BCUT2D eigenvalue weighted by atomic mass is 10.1. The van der Waals surface area contributed by atoms with Crippen LogP contribution in [0.15, 0.2) is 52.3 Å². The van der Waals surface area contributed by atoms with Gasteiger partial charge in [-0.05, 0) is 42.5 Å². The molecule has 0 saturated heterocycles. The number of fused-ring (bicyclic) bond motifs is 2. The molecule has 0 radical (unpaired) electrons. The molecule has 2 aliphatic heterocycles. The first kappa shape index (κ1) is 18.0. The van der Waals surface area contributed by atoms with Gasteiger partial charge in [0.15, 0.2) is 4.80 Å². The number of thiazole rings is 1. The topological polar surface area (TPSA) is 75.9 Å². The van der Waals surface area contributed by atoms with Gasteiger partial charge in [0.05, 0.1) is 12.7 Å². The first-order valence-corrected chi connectivity index (χ1v) is 10.0. The number of rotatable bonds is 2. The van der Waals surface area contributed by atoms with Gasteiger partial charge in [0.25, 0.3) is 11.5 Å². The molecule has 1 aromatic heterocycles. The minimum atomic E-state index is -0.300. The fourth-order valence-electron chi connectivity index (χ4n) is 3.48. The summed E-state index contributed by atoms with van der Waals surface area (Å²) in [5.74, 6) is 0.463. The van der Waals surface area contributed by atoms with Gasteiger partial charge in [0.2, 0.25) is 0 Å². The van der Waals surface area contributed by atoms with E-state index >= 15 is 0 Å². The lowest BCUT2D eigenvalue weighted by Crippen LogP contribution is -2.43. The number of methoxy groups -OCH3 is 1. The summed E-state index contributed by atoms with van der Waals surface area (Å²) in [6, 6.07) is 12.7. The molecule has 1 amide bonds. The van der Waals surface area contributed by atoms with Gasteiger partial charge in [-0.2, -0.15) is 0 Å². The third kappa shape index (κ3) is 2.92. The second kappa shape index (κ2) is 6.75. The second-order valence-corrected chi connectivity index (χ2v) is 8.06. The molecule has 146 valence electrons. The Hall–Kier alpha value is -3.10. The molecular weight excluding hydrogens is 412 g/mol. The van der Waals surface area contributed by atoms with E-state index in [0.717, 1.165) is 11.4 Å². The molecule has 0 unspecified atom stereocenters. The van der Waals surface area contributed by atoms with Crippen LogP contribution in [0.1, 0.15) is 5.56 Å². The number of amides is 1. The van der Waals surface area contributed by atoms with E-state index in [1.54, 1.807) is 29.9 Å². The molecule has 0 bridgehead atoms. The molecule has 7 nitrogen and oxygen atoms in total. The fraction of sp³-hybridized carbons (Fsp3) is 0.150. The van der Waals surface area contributed by atoms with Gasteiger partial charge < -0.3 is 15.0 Å². The van der Waals surface area contributed by atoms with Crippen molar-refractivity contribution in [2.45, 2.75) is 6.67 Å². The number of nitrogens with one attached hydrogen (secondary N) is 1. The first-order chi connectivity index (χ1) is 14.0. The summed E-state index contributed by atoms with van der Waals surface area (Å²) in [4.78, 5) is 32.9. The summed E-state index contributed by atoms with van der Waals surface area (Å²) in [6.45, 7) is 0.785. The van der Waals surface area contributed by atoms with Crippen LogP contribution in [0.2, 0.25) is 5.02 Å². The molecule has 0 atom stereocenters. The molecule has 29 heavy (non-hydrogen) atoms. The van der Waals surface area contributed by atoms with E-state index < -0.39 is 0 Å². The second-order valence-electron chi connectivity index (χ2n) is 6.64. The van der Waals surface area contributed by atoms with Crippen molar-refractivity contribution in [1.82, 2.24) is 4.57 Å². The van der Waals surface area contributed by atoms with Crippen LogP contribution >= 0.6 is 22.9 Å². The van der Waals surface area contributed by atoms with E-state index in [1.165, 1.54) is 11.3 Å². The van der Waals surface area contributed by atoms with Gasteiger partial charge in [0, 0.05) is 22.0 Å². The number of carbonyl (C=O) groups excluding carboxylic acids is 1. The number of nitrogens with zero attached hydrogens (tertiary/aromatic N) is 3. The fourth-order valence-corrected chi connectivity index (χ4v) is 4.71. The maximum atomic E-state index is 13.2. The smallest absolute Gasteiger partial charge is 0.272 e. The van der Waals surface area contributed by atoms with Gasteiger partial charge in [-0.3, -0.25) is 14.2 Å². The van der Waals surface area contributed by atoms with Crippen molar-refractivity contribution in [1.29, 1.82) is 0 Å². The highest BCUT2D eigenvalue weighted by Crippen LogP contribution is 2.32. The summed E-state index contributed by atoms with van der Waals surface area (Å²) in [6.07, 6.45) is 0. The highest BCUT2D eigenvalue weighted by atomic mass is 35.5. The van der Waals surface area contributed by atoms with Gasteiger partial charge in [-0.1, -0.05) is 22.9 Å². The van der Waals surface area contributed by atoms with Crippen LogP contribution in [0, 0.1) is 0 Å². The van der Waals surface area contributed by atoms with Crippen molar-refractivity contribution in [3.63, 3.8) is 0 Å². The lowest BCUT2D eigenvalue weighted by Gasteiger charge is -2.25. The first-order valence-electron chi connectivity index (χ1n) is 8.84. The minimum absolute atomic E-state index is 0.232. The van der Waals surface area contributed by atoms with E-state index in [0.29, 0.717) is 44.5 Å². The molecule has 0 aliphatic carbocycles. The molecule has 3 aromatic rings. The maximum absolute atomic E-state index is 13.2. The Labute approximate surface area is 174 Å². The predicted molar refractivity (Wildman–Crippen MR) is 112 cm³/mol. The Morgan fingerprint density at radius 3 is 2.72 bits per heavy atom. The number of ether oxygens (including phenoxy) is 1. The van der Waals surface area contributed by atoms with Gasteiger partial charge >= 0.3 is 0 Å². The summed E-state index contributed by atoms with van der Waals surface area (Å²) >= 11 is 7.34. The Morgan fingerprint density at radius 1 is 1.17 bits per heavy atom. The quantitative estimate of drug-likeness (QED) is 0.677. The van der Waals surface area contributed by atoms with E-state index in [9.17, 15) is 9.59 Å². The van der Waals surface area contributed by atoms with E-state index in [1.807, 2.05) is 29.2 Å². The molecule has 2 aromatic carbocycles. The molecule has 0 saturated carbocycles. The maximum Gasteiger partial charge on any atom is 0.272 e. The number of carbonyl (C=O) groups is 1. The Kier molecular flexibility index (Phi) is 4.18. The van der Waals surface area contributed by atoms with Gasteiger partial charge in [-0.15, -0.1) is 0 Å². The van der Waals surface area contributed by atoms with Crippen molar-refractivity contribution in [3.8, 4) is 5.75 Å². The molecule has 0 fully saturated rings. The van der Waals surface area contributed by atoms with Gasteiger partial charge in [-0.25, -0.2) is 4.99 Å². The third-order valence-corrected chi connectivity index (χ3v) is 6.29. The molecular formula is C20H15ClN4O3S. The van der Waals surface area contributed by atoms with Crippen molar-refractivity contribution >= 4 is 45.8 Å². The van der Waals surface area contributed by atoms with Crippen molar-refractivity contribution in [3.05, 3.63) is 72.7 Å². The number of benzene rings is 2. The zero-order valence-electron chi connectivity index (χ0n) is 15.3. The molecule has 0 spiro atoms. The van der Waals surface area contributed by atoms with Crippen LogP contribution in [-0.4, -0.2) is 24.3 Å². The number of anilines is 2. The summed E-state index contributed by atoms with van der Waals surface area (Å²) in [5, 5.41) is 3.31. The Morgan fingerprint density at radius 2 is 1.97 bits per heavy atom. The van der Waals surface area contributed by atoms with Crippen LogP contribution in [0.4, 0.5) is 11.4 Å². The zero-order chi connectivity index (χ0) is 20.1. The summed E-state index contributed by atoms with van der Waals surface area (Å²) in [5.41, 5.74) is 2.35. The molecule has 9 heteroatoms. The van der Waals surface area contributed by atoms with Crippen LogP contribution in [0.25, 0.3) is 5.57 Å². The number of hydrogen-bond donors (Lipinski definition) is 1. The number of halogens is 1. The molecule has 1 N–H and O–H groups in total. The lowest BCUT2D eigenvalue weighted by molar-refractivity contribution is -0.110. The van der Waals surface area contributed by atoms with Crippen LogP contribution in [0.3, 0.4) is 0 Å². The summed E-state index contributed by atoms with van der Waals surface area (Å²) in [7, 11) is 1.62. The summed E-state index contributed by atoms with van der Waals surface area (Å²) < 4.78 is 7.16. The van der Waals surface area contributed by atoms with Crippen molar-refractivity contribution in [2.75, 3.05) is 24.0 Å². The molecule has 5 rings (SSSR count). The average molecular weight is 427 g/mol. The largest absolute Gasteiger partial charge is 0.497 e. The van der Waals surface area contributed by atoms with E-state index in [-0.39, 0.29) is 11.5 Å². The predicted octanol–water partition coefficient (Wildman–Crippen LogP) is 1.78. The van der Waals surface area contributed by atoms with Crippen LogP contribution in [0.5, 0.6) is 5.75 Å². The van der Waals surface area contributed by atoms with E-state index in [4.69, 9.17) is 16.3 Å². The average Bonchev–Trinajstić information content (AvgIpc) is 3.23. The SMILES string of the molecule is COc1ccc(N2CN=c3sc(=C4C(=O)Nc5ccc(Cl)cc54)c(=O)n3C2)cc1. The van der Waals surface area contributed by atoms with Crippen LogP contribution < -0.4 is 29.8 Å². The molecule has 2 aliphatic rings. The van der Waals surface area contributed by atoms with E-state index in [2.05, 4.69) is 10.3 Å². The number of hydrogen-bond acceptors (Lipinski definition) is 6. The van der Waals surface area contributed by atoms with Crippen molar-refractivity contribution < 1.29 is 9.53 Å². The van der Waals surface area contributed by atoms with Crippen LogP contribution in [-0.2, 0) is 11.5 Å². The van der Waals surface area contributed by atoms with Gasteiger partial charge in [0.1, 0.15) is 23.6 Å².